The second kappa shape index (κ2) is 9.93. The number of methoxy groups -OCH3 is 1. The van der Waals surface area contributed by atoms with E-state index in [2.05, 4.69) is 11.7 Å². The monoisotopic (exact) mass is 218 g/mol. The van der Waals surface area contributed by atoms with Crippen LogP contribution in [-0.4, -0.2) is 31.1 Å². The molecular formula is C11H22O4. The molecular weight excluding hydrogens is 196 g/mol. The lowest BCUT2D eigenvalue weighted by Gasteiger charge is -2.09. The minimum atomic E-state index is -1.43. The Hall–Kier alpha value is -0.610. The van der Waals surface area contributed by atoms with Gasteiger partial charge in [-0.3, -0.25) is 0 Å². The predicted octanol–water partition coefficient (Wildman–Crippen LogP) is 1.85. The van der Waals surface area contributed by atoms with Gasteiger partial charge >= 0.3 is 5.97 Å². The molecule has 0 aliphatic heterocycles. The molecule has 1 unspecified atom stereocenters. The van der Waals surface area contributed by atoms with Gasteiger partial charge < -0.3 is 14.6 Å². The minimum Gasteiger partial charge on any atom is -0.465 e. The van der Waals surface area contributed by atoms with Gasteiger partial charge in [-0.1, -0.05) is 39.0 Å². The maximum absolute atomic E-state index is 10.7. The molecule has 0 bridgehead atoms. The molecule has 0 spiro atoms. The Kier molecular flexibility index (Phi) is 9.52. The van der Waals surface area contributed by atoms with E-state index in [0.717, 1.165) is 12.8 Å². The fourth-order valence-corrected chi connectivity index (χ4v) is 1.25. The van der Waals surface area contributed by atoms with Gasteiger partial charge in [0, 0.05) is 0 Å². The summed E-state index contributed by atoms with van der Waals surface area (Å²) in [7, 11) is 1.22. The summed E-state index contributed by atoms with van der Waals surface area (Å²) >= 11 is 0. The van der Waals surface area contributed by atoms with Crippen LogP contribution in [0.5, 0.6) is 0 Å². The van der Waals surface area contributed by atoms with Crippen LogP contribution in [0.4, 0.5) is 0 Å². The number of carbonyl (C=O) groups excluding carboxylic acids is 1. The van der Waals surface area contributed by atoms with Crippen molar-refractivity contribution in [3.8, 4) is 0 Å². The van der Waals surface area contributed by atoms with Crippen molar-refractivity contribution in [1.29, 1.82) is 0 Å². The van der Waals surface area contributed by atoms with Gasteiger partial charge in [0.25, 0.3) is 6.29 Å². The van der Waals surface area contributed by atoms with Crippen LogP contribution in [0, 0.1) is 0 Å². The maximum Gasteiger partial charge on any atom is 0.363 e. The molecule has 0 amide bonds. The summed E-state index contributed by atoms with van der Waals surface area (Å²) in [5, 5.41) is 9.06. The molecule has 0 rings (SSSR count). The second-order valence-corrected chi connectivity index (χ2v) is 3.51. The first-order chi connectivity index (χ1) is 7.22. The van der Waals surface area contributed by atoms with Crippen molar-refractivity contribution in [2.24, 2.45) is 0 Å². The SMILES string of the molecule is CCCCCCCCOC(O)C(=O)OC. The average molecular weight is 218 g/mol. The molecule has 0 aromatic carbocycles. The van der Waals surface area contributed by atoms with Crippen LogP contribution in [0.25, 0.3) is 0 Å². The zero-order chi connectivity index (χ0) is 11.5. The first-order valence-corrected chi connectivity index (χ1v) is 5.59. The van der Waals surface area contributed by atoms with Crippen LogP contribution >= 0.6 is 0 Å². The summed E-state index contributed by atoms with van der Waals surface area (Å²) in [6.45, 7) is 2.58. The summed E-state index contributed by atoms with van der Waals surface area (Å²) in [6, 6.07) is 0. The zero-order valence-corrected chi connectivity index (χ0v) is 9.70. The number of unbranched alkanes of at least 4 members (excludes halogenated alkanes) is 5. The van der Waals surface area contributed by atoms with Crippen molar-refractivity contribution in [2.45, 2.75) is 51.7 Å². The molecule has 0 heterocycles. The number of aliphatic hydroxyl groups is 1. The lowest BCUT2D eigenvalue weighted by atomic mass is 10.1. The van der Waals surface area contributed by atoms with E-state index in [1.165, 1.54) is 32.8 Å². The van der Waals surface area contributed by atoms with Crippen LogP contribution in [0.2, 0.25) is 0 Å². The van der Waals surface area contributed by atoms with Gasteiger partial charge in [-0.05, 0) is 6.42 Å². The first-order valence-electron chi connectivity index (χ1n) is 5.59. The highest BCUT2D eigenvalue weighted by atomic mass is 16.6. The smallest absolute Gasteiger partial charge is 0.363 e. The third-order valence-electron chi connectivity index (χ3n) is 2.18. The summed E-state index contributed by atoms with van der Waals surface area (Å²) < 4.78 is 9.19. The van der Waals surface area contributed by atoms with E-state index in [9.17, 15) is 4.79 Å². The number of hydrogen-bond acceptors (Lipinski definition) is 4. The van der Waals surface area contributed by atoms with Crippen LogP contribution in [0.1, 0.15) is 45.4 Å². The second-order valence-electron chi connectivity index (χ2n) is 3.51. The van der Waals surface area contributed by atoms with Crippen molar-refractivity contribution in [2.75, 3.05) is 13.7 Å². The Bertz CT molecular complexity index is 159. The van der Waals surface area contributed by atoms with Gasteiger partial charge in [0.15, 0.2) is 0 Å². The quantitative estimate of drug-likeness (QED) is 0.364. The highest BCUT2D eigenvalue weighted by molar-refractivity contribution is 5.72. The predicted molar refractivity (Wildman–Crippen MR) is 57.4 cm³/mol. The number of carbonyl (C=O) groups is 1. The Morgan fingerprint density at radius 1 is 1.20 bits per heavy atom. The molecule has 15 heavy (non-hydrogen) atoms. The molecule has 0 aliphatic rings. The molecule has 0 fully saturated rings. The summed E-state index contributed by atoms with van der Waals surface area (Å²) in [5.74, 6) is -0.735. The summed E-state index contributed by atoms with van der Waals surface area (Å²) in [4.78, 5) is 10.7. The molecule has 4 nitrogen and oxygen atoms in total. The maximum atomic E-state index is 10.7. The molecule has 0 aliphatic carbocycles. The highest BCUT2D eigenvalue weighted by Crippen LogP contribution is 2.05. The van der Waals surface area contributed by atoms with Crippen molar-refractivity contribution < 1.29 is 19.4 Å². The van der Waals surface area contributed by atoms with E-state index in [0.29, 0.717) is 6.61 Å². The van der Waals surface area contributed by atoms with Gasteiger partial charge in [-0.2, -0.15) is 0 Å². The van der Waals surface area contributed by atoms with E-state index >= 15 is 0 Å². The molecule has 0 aromatic rings. The Morgan fingerprint density at radius 2 is 1.80 bits per heavy atom. The molecule has 0 aromatic heterocycles. The summed E-state index contributed by atoms with van der Waals surface area (Å²) in [5.41, 5.74) is 0. The number of hydrogen-bond donors (Lipinski definition) is 1. The molecule has 1 N–H and O–H groups in total. The van der Waals surface area contributed by atoms with Crippen molar-refractivity contribution in [3.05, 3.63) is 0 Å². The number of rotatable bonds is 9. The fraction of sp³-hybridized carbons (Fsp3) is 0.909. The molecule has 4 heteroatoms. The lowest BCUT2D eigenvalue weighted by molar-refractivity contribution is -0.180. The van der Waals surface area contributed by atoms with E-state index in [-0.39, 0.29) is 0 Å². The van der Waals surface area contributed by atoms with Crippen molar-refractivity contribution >= 4 is 5.97 Å². The molecule has 0 radical (unpaired) electrons. The normalized spacial score (nSPS) is 12.5. The molecule has 90 valence electrons. The first kappa shape index (κ1) is 14.4. The van der Waals surface area contributed by atoms with Gasteiger partial charge in [0.05, 0.1) is 13.7 Å². The van der Waals surface area contributed by atoms with Crippen LogP contribution in [0.15, 0.2) is 0 Å². The topological polar surface area (TPSA) is 55.8 Å². The highest BCUT2D eigenvalue weighted by Gasteiger charge is 2.14. The largest absolute Gasteiger partial charge is 0.465 e. The molecule has 1 atom stereocenters. The Morgan fingerprint density at radius 3 is 2.40 bits per heavy atom. The van der Waals surface area contributed by atoms with E-state index in [1.54, 1.807) is 0 Å². The van der Waals surface area contributed by atoms with Crippen molar-refractivity contribution in [3.63, 3.8) is 0 Å². The number of ether oxygens (including phenoxy) is 2. The third kappa shape index (κ3) is 8.39. The zero-order valence-electron chi connectivity index (χ0n) is 9.70. The standard InChI is InChI=1S/C11H22O4/c1-3-4-5-6-7-8-9-15-11(13)10(12)14-2/h11,13H,3-9H2,1-2H3. The van der Waals surface area contributed by atoms with Gasteiger partial charge in [0.1, 0.15) is 0 Å². The van der Waals surface area contributed by atoms with Crippen molar-refractivity contribution in [1.82, 2.24) is 0 Å². The van der Waals surface area contributed by atoms with E-state index < -0.39 is 12.3 Å². The number of aliphatic hydroxyl groups excluding tert-OH is 1. The van der Waals surface area contributed by atoms with E-state index in [1.807, 2.05) is 0 Å². The van der Waals surface area contributed by atoms with Gasteiger partial charge in [0.2, 0.25) is 0 Å². The number of esters is 1. The van der Waals surface area contributed by atoms with Crippen LogP contribution < -0.4 is 0 Å². The Balaban J connectivity index is 3.20. The van der Waals surface area contributed by atoms with E-state index in [4.69, 9.17) is 9.84 Å². The van der Waals surface area contributed by atoms with Crippen LogP contribution in [0.3, 0.4) is 0 Å². The van der Waals surface area contributed by atoms with Crippen LogP contribution in [-0.2, 0) is 14.3 Å². The van der Waals surface area contributed by atoms with Gasteiger partial charge in [-0.15, -0.1) is 0 Å². The minimum absolute atomic E-state index is 0.405. The molecule has 0 saturated carbocycles. The fourth-order valence-electron chi connectivity index (χ4n) is 1.25. The third-order valence-corrected chi connectivity index (χ3v) is 2.18. The molecule has 0 saturated heterocycles. The van der Waals surface area contributed by atoms with Gasteiger partial charge in [-0.25, -0.2) is 4.79 Å². The summed E-state index contributed by atoms with van der Waals surface area (Å²) in [6.07, 6.45) is 5.46. The lowest BCUT2D eigenvalue weighted by Crippen LogP contribution is -2.25. The Labute approximate surface area is 91.6 Å². The average Bonchev–Trinajstić information content (AvgIpc) is 2.26.